The minimum absolute atomic E-state index is 0. The Balaban J connectivity index is 0.00000174. The van der Waals surface area contributed by atoms with Crippen LogP contribution in [0.5, 0.6) is 0 Å². The number of halogens is 3. The molecule has 1 aliphatic heterocycles. The second-order valence-corrected chi connectivity index (χ2v) is 10.9. The van der Waals surface area contributed by atoms with Gasteiger partial charge in [-0.15, -0.1) is 16.9 Å². The lowest BCUT2D eigenvalue weighted by Gasteiger charge is -2.16. The highest BCUT2D eigenvalue weighted by Crippen LogP contribution is 2.64. The first-order valence-corrected chi connectivity index (χ1v) is 13.9. The molecule has 0 radical (unpaired) electrons. The molecule has 1 amide bonds. The van der Waals surface area contributed by atoms with Crippen molar-refractivity contribution in [2.45, 2.75) is 66.5 Å². The van der Waals surface area contributed by atoms with Crippen molar-refractivity contribution in [2.75, 3.05) is 25.4 Å². The van der Waals surface area contributed by atoms with Gasteiger partial charge in [0.25, 0.3) is 0 Å². The minimum atomic E-state index is -4.29. The molecule has 10 heteroatoms. The standard InChI is InChI=1S/C26H30F3N5OS.C2H6.CH4/c1-17(20-12-21(24(30)35)15-31-14-20)32-33-18(2)36-11-3-9-34-10-8-25(16-34)13-23(25)19-4-6-22(7-5-19)26(27,28)29;1-2;/h4-7,12,14-15,23H,3,8-11,13,16H2,1-2H3,(H2,30,35);1-2H3;1H4/b32-17+,33-18+;;. The SMILES string of the molecule is C.C/C(=N\N=C(/C)c1cncc(C(N)=O)c1)SCCCN1CCC2(CC2c2ccc(C(F)(F)F)cc2)C1.CC. The van der Waals surface area contributed by atoms with Crippen LogP contribution in [0.25, 0.3) is 0 Å². The summed E-state index contributed by atoms with van der Waals surface area (Å²) in [5.74, 6) is 0.760. The number of benzene rings is 1. The number of hydrogen-bond donors (Lipinski definition) is 1. The van der Waals surface area contributed by atoms with Gasteiger partial charge in [0.1, 0.15) is 0 Å². The Kier molecular flexibility index (Phi) is 11.7. The normalized spacial score (nSPS) is 21.3. The molecule has 2 aromatic rings. The Morgan fingerprint density at radius 2 is 1.82 bits per heavy atom. The number of aromatic nitrogens is 1. The van der Waals surface area contributed by atoms with Gasteiger partial charge in [-0.3, -0.25) is 9.78 Å². The first kappa shape index (κ1) is 32.5. The highest BCUT2D eigenvalue weighted by atomic mass is 32.2. The molecular weight excluding hydrogens is 523 g/mol. The summed E-state index contributed by atoms with van der Waals surface area (Å²) in [6.45, 7) is 10.8. The molecule has 39 heavy (non-hydrogen) atoms. The lowest BCUT2D eigenvalue weighted by Crippen LogP contribution is -2.23. The fraction of sp³-hybridized carbons (Fsp3) is 0.517. The van der Waals surface area contributed by atoms with Crippen molar-refractivity contribution in [3.05, 3.63) is 65.0 Å². The maximum atomic E-state index is 12.8. The molecule has 2 aliphatic rings. The molecule has 1 spiro atoms. The van der Waals surface area contributed by atoms with Gasteiger partial charge in [0, 0.05) is 30.3 Å². The summed E-state index contributed by atoms with van der Waals surface area (Å²) in [7, 11) is 0. The third-order valence-electron chi connectivity index (χ3n) is 7.01. The number of rotatable bonds is 8. The Hall–Kier alpha value is -2.72. The van der Waals surface area contributed by atoms with Crippen LogP contribution in [0.4, 0.5) is 13.2 Å². The molecule has 1 saturated heterocycles. The predicted octanol–water partition coefficient (Wildman–Crippen LogP) is 7.01. The van der Waals surface area contributed by atoms with Crippen molar-refractivity contribution in [3.63, 3.8) is 0 Å². The Morgan fingerprint density at radius 3 is 2.46 bits per heavy atom. The zero-order valence-corrected chi connectivity index (χ0v) is 23.2. The topological polar surface area (TPSA) is 83.9 Å². The van der Waals surface area contributed by atoms with Crippen LogP contribution in [0.2, 0.25) is 0 Å². The van der Waals surface area contributed by atoms with Gasteiger partial charge in [0.2, 0.25) is 5.91 Å². The molecule has 1 aromatic heterocycles. The molecule has 1 aromatic carbocycles. The van der Waals surface area contributed by atoms with Crippen LogP contribution < -0.4 is 5.73 Å². The number of alkyl halides is 3. The molecule has 2 heterocycles. The van der Waals surface area contributed by atoms with E-state index in [0.29, 0.717) is 22.8 Å². The van der Waals surface area contributed by atoms with Gasteiger partial charge < -0.3 is 10.6 Å². The number of nitrogens with two attached hydrogens (primary N) is 1. The van der Waals surface area contributed by atoms with Gasteiger partial charge >= 0.3 is 6.18 Å². The lowest BCUT2D eigenvalue weighted by atomic mass is 9.97. The van der Waals surface area contributed by atoms with Crippen LogP contribution in [-0.4, -0.2) is 51.9 Å². The summed E-state index contributed by atoms with van der Waals surface area (Å²) in [5.41, 5.74) is 7.66. The largest absolute Gasteiger partial charge is 0.416 e. The van der Waals surface area contributed by atoms with E-state index in [2.05, 4.69) is 20.1 Å². The van der Waals surface area contributed by atoms with E-state index in [0.717, 1.165) is 55.3 Å². The Morgan fingerprint density at radius 1 is 1.15 bits per heavy atom. The number of carbonyl (C=O) groups excluding carboxylic acids is 1. The first-order valence-electron chi connectivity index (χ1n) is 12.9. The summed E-state index contributed by atoms with van der Waals surface area (Å²) in [4.78, 5) is 17.8. The second kappa shape index (κ2) is 14.1. The maximum absolute atomic E-state index is 12.8. The fourth-order valence-corrected chi connectivity index (χ4v) is 5.53. The summed E-state index contributed by atoms with van der Waals surface area (Å²) in [6.07, 6.45) is 1.94. The van der Waals surface area contributed by atoms with Crippen molar-refractivity contribution in [2.24, 2.45) is 21.4 Å². The van der Waals surface area contributed by atoms with E-state index in [9.17, 15) is 18.0 Å². The fourth-order valence-electron chi connectivity index (χ4n) is 4.86. The van der Waals surface area contributed by atoms with Crippen molar-refractivity contribution in [1.82, 2.24) is 9.88 Å². The highest BCUT2D eigenvalue weighted by Gasteiger charge is 2.57. The number of thioether (sulfide) groups is 1. The van der Waals surface area contributed by atoms with E-state index >= 15 is 0 Å². The van der Waals surface area contributed by atoms with Gasteiger partial charge in [-0.1, -0.05) is 33.4 Å². The summed E-state index contributed by atoms with van der Waals surface area (Å²) in [5, 5.41) is 9.39. The van der Waals surface area contributed by atoms with E-state index in [1.807, 2.05) is 27.7 Å². The first-order chi connectivity index (χ1) is 18.1. The van der Waals surface area contributed by atoms with Crippen LogP contribution in [0, 0.1) is 5.41 Å². The van der Waals surface area contributed by atoms with E-state index in [1.165, 1.54) is 18.3 Å². The van der Waals surface area contributed by atoms with Gasteiger partial charge in [-0.2, -0.15) is 18.3 Å². The van der Waals surface area contributed by atoms with Crippen molar-refractivity contribution in [1.29, 1.82) is 0 Å². The van der Waals surface area contributed by atoms with Crippen LogP contribution in [0.1, 0.15) is 87.4 Å². The molecule has 0 bridgehead atoms. The second-order valence-electron chi connectivity index (χ2n) is 9.60. The third kappa shape index (κ3) is 8.63. The quantitative estimate of drug-likeness (QED) is 0.162. The number of hydrogen-bond acceptors (Lipinski definition) is 6. The molecule has 4 rings (SSSR count). The van der Waals surface area contributed by atoms with E-state index in [4.69, 9.17) is 5.73 Å². The summed E-state index contributed by atoms with van der Waals surface area (Å²) in [6, 6.07) is 7.36. The smallest absolute Gasteiger partial charge is 0.366 e. The van der Waals surface area contributed by atoms with E-state index < -0.39 is 17.6 Å². The number of carbonyl (C=O) groups is 1. The third-order valence-corrected chi connectivity index (χ3v) is 8.00. The molecule has 214 valence electrons. The lowest BCUT2D eigenvalue weighted by molar-refractivity contribution is -0.137. The van der Waals surface area contributed by atoms with E-state index in [1.54, 1.807) is 36.2 Å². The van der Waals surface area contributed by atoms with E-state index in [-0.39, 0.29) is 12.8 Å². The van der Waals surface area contributed by atoms with Gasteiger partial charge in [0.05, 0.1) is 21.9 Å². The highest BCUT2D eigenvalue weighted by molar-refractivity contribution is 8.13. The average Bonchev–Trinajstić information content (AvgIpc) is 3.46. The van der Waals surface area contributed by atoms with Gasteiger partial charge in [0.15, 0.2) is 0 Å². The van der Waals surface area contributed by atoms with Gasteiger partial charge in [-0.05, 0) is 81.3 Å². The van der Waals surface area contributed by atoms with Crippen molar-refractivity contribution >= 4 is 28.4 Å². The summed E-state index contributed by atoms with van der Waals surface area (Å²) >= 11 is 1.66. The molecule has 2 atom stereocenters. The molecule has 2 N–H and O–H groups in total. The monoisotopic (exact) mass is 563 g/mol. The predicted molar refractivity (Wildman–Crippen MR) is 156 cm³/mol. The molecule has 1 aliphatic carbocycles. The Bertz CT molecular complexity index is 1170. The zero-order chi connectivity index (χ0) is 27.9. The molecule has 1 saturated carbocycles. The summed E-state index contributed by atoms with van der Waals surface area (Å²) < 4.78 is 38.5. The number of likely N-dealkylation sites (tertiary alicyclic amines) is 1. The number of amides is 1. The number of nitrogens with zero attached hydrogens (tertiary/aromatic N) is 4. The van der Waals surface area contributed by atoms with Crippen LogP contribution >= 0.6 is 11.8 Å². The van der Waals surface area contributed by atoms with Crippen molar-refractivity contribution < 1.29 is 18.0 Å². The van der Waals surface area contributed by atoms with Crippen molar-refractivity contribution in [3.8, 4) is 0 Å². The van der Waals surface area contributed by atoms with Crippen LogP contribution in [0.15, 0.2) is 52.9 Å². The van der Waals surface area contributed by atoms with Crippen LogP contribution in [0.3, 0.4) is 0 Å². The average molecular weight is 564 g/mol. The van der Waals surface area contributed by atoms with Crippen LogP contribution in [-0.2, 0) is 6.18 Å². The molecule has 2 fully saturated rings. The molecular formula is C29H40F3N5OS. The molecule has 2 unspecified atom stereocenters. The Labute approximate surface area is 234 Å². The molecule has 6 nitrogen and oxygen atoms in total. The number of primary amides is 1. The minimum Gasteiger partial charge on any atom is -0.366 e. The van der Waals surface area contributed by atoms with Gasteiger partial charge in [-0.25, -0.2) is 0 Å². The number of pyridine rings is 1. The zero-order valence-electron chi connectivity index (χ0n) is 22.4. The maximum Gasteiger partial charge on any atom is 0.416 e.